The first kappa shape index (κ1) is 22.3. The van der Waals surface area contributed by atoms with Crippen molar-refractivity contribution in [3.63, 3.8) is 0 Å². The Kier molecular flexibility index (Phi) is 6.20. The SMILES string of the molecule is C[C@@H](NC(=O)[C@H]1CCCN(c2nccn3nc(-c4cccc(Cl)c4)cc23)C1)c1ccc(F)cc1. The van der Waals surface area contributed by atoms with Gasteiger partial charge in [-0.2, -0.15) is 5.10 Å². The fraction of sp³-hybridized carbons (Fsp3) is 0.269. The zero-order valence-electron chi connectivity index (χ0n) is 18.8. The third-order valence-corrected chi connectivity index (χ3v) is 6.55. The van der Waals surface area contributed by atoms with E-state index in [0.29, 0.717) is 11.6 Å². The average molecular weight is 478 g/mol. The molecule has 0 aliphatic carbocycles. The summed E-state index contributed by atoms with van der Waals surface area (Å²) < 4.78 is 15.0. The molecule has 34 heavy (non-hydrogen) atoms. The Hall–Kier alpha value is -3.45. The van der Waals surface area contributed by atoms with Gasteiger partial charge in [-0.3, -0.25) is 4.79 Å². The van der Waals surface area contributed by atoms with Crippen molar-refractivity contribution in [1.82, 2.24) is 19.9 Å². The first-order valence-electron chi connectivity index (χ1n) is 11.4. The minimum Gasteiger partial charge on any atom is -0.354 e. The third kappa shape index (κ3) is 4.61. The number of halogens is 2. The topological polar surface area (TPSA) is 62.5 Å². The van der Waals surface area contributed by atoms with Crippen LogP contribution in [0.1, 0.15) is 31.4 Å². The number of nitrogens with zero attached hydrogens (tertiary/aromatic N) is 4. The number of carbonyl (C=O) groups excluding carboxylic acids is 1. The van der Waals surface area contributed by atoms with Gasteiger partial charge >= 0.3 is 0 Å². The van der Waals surface area contributed by atoms with Gasteiger partial charge in [0.05, 0.1) is 17.7 Å². The molecule has 174 valence electrons. The van der Waals surface area contributed by atoms with Gasteiger partial charge in [0.1, 0.15) is 11.3 Å². The summed E-state index contributed by atoms with van der Waals surface area (Å²) in [4.78, 5) is 19.8. The van der Waals surface area contributed by atoms with Gasteiger partial charge in [-0.05, 0) is 55.7 Å². The van der Waals surface area contributed by atoms with Gasteiger partial charge < -0.3 is 10.2 Å². The van der Waals surface area contributed by atoms with Gasteiger partial charge in [0.15, 0.2) is 5.82 Å². The molecule has 1 aliphatic rings. The van der Waals surface area contributed by atoms with Crippen molar-refractivity contribution in [2.45, 2.75) is 25.8 Å². The van der Waals surface area contributed by atoms with E-state index in [-0.39, 0.29) is 23.7 Å². The Labute approximate surface area is 202 Å². The summed E-state index contributed by atoms with van der Waals surface area (Å²) in [5, 5.41) is 8.44. The zero-order chi connectivity index (χ0) is 23.7. The van der Waals surface area contributed by atoms with Gasteiger partial charge in [-0.25, -0.2) is 13.9 Å². The van der Waals surface area contributed by atoms with Crippen LogP contribution in [0.5, 0.6) is 0 Å². The highest BCUT2D eigenvalue weighted by Crippen LogP contribution is 2.29. The highest BCUT2D eigenvalue weighted by Gasteiger charge is 2.28. The molecule has 5 rings (SSSR count). The average Bonchev–Trinajstić information content (AvgIpc) is 3.29. The number of anilines is 1. The Balaban J connectivity index is 1.34. The number of aromatic nitrogens is 3. The smallest absolute Gasteiger partial charge is 0.225 e. The lowest BCUT2D eigenvalue weighted by Gasteiger charge is -2.33. The van der Waals surface area contributed by atoms with E-state index in [1.807, 2.05) is 48.0 Å². The molecule has 2 aromatic heterocycles. The number of piperidine rings is 1. The third-order valence-electron chi connectivity index (χ3n) is 6.31. The summed E-state index contributed by atoms with van der Waals surface area (Å²) in [6.45, 7) is 3.31. The van der Waals surface area contributed by atoms with Crippen molar-refractivity contribution in [2.75, 3.05) is 18.0 Å². The normalized spacial score (nSPS) is 17.0. The molecule has 3 heterocycles. The van der Waals surface area contributed by atoms with E-state index in [4.69, 9.17) is 16.7 Å². The van der Waals surface area contributed by atoms with Crippen LogP contribution in [-0.2, 0) is 4.79 Å². The summed E-state index contributed by atoms with van der Waals surface area (Å²) in [5.74, 6) is 0.369. The Morgan fingerprint density at radius 1 is 1.21 bits per heavy atom. The van der Waals surface area contributed by atoms with Crippen molar-refractivity contribution in [3.05, 3.63) is 83.4 Å². The number of rotatable bonds is 5. The summed E-state index contributed by atoms with van der Waals surface area (Å²) in [6, 6.07) is 15.7. The largest absolute Gasteiger partial charge is 0.354 e. The molecule has 0 spiro atoms. The molecule has 1 amide bonds. The fourth-order valence-electron chi connectivity index (χ4n) is 4.49. The van der Waals surface area contributed by atoms with Crippen molar-refractivity contribution in [3.8, 4) is 11.3 Å². The van der Waals surface area contributed by atoms with E-state index in [2.05, 4.69) is 15.2 Å². The molecule has 1 fully saturated rings. The lowest BCUT2D eigenvalue weighted by molar-refractivity contribution is -0.125. The molecule has 0 unspecified atom stereocenters. The molecule has 1 saturated heterocycles. The van der Waals surface area contributed by atoms with E-state index in [0.717, 1.165) is 47.5 Å². The van der Waals surface area contributed by atoms with E-state index >= 15 is 0 Å². The molecule has 0 bridgehead atoms. The second kappa shape index (κ2) is 9.43. The molecule has 2 atom stereocenters. The maximum atomic E-state index is 13.2. The first-order chi connectivity index (χ1) is 16.5. The lowest BCUT2D eigenvalue weighted by atomic mass is 9.96. The van der Waals surface area contributed by atoms with Crippen LogP contribution < -0.4 is 10.2 Å². The molecule has 1 aliphatic heterocycles. The molecule has 1 N–H and O–H groups in total. The van der Waals surface area contributed by atoms with Gasteiger partial charge in [0.2, 0.25) is 5.91 Å². The van der Waals surface area contributed by atoms with Crippen LogP contribution in [0.4, 0.5) is 10.2 Å². The molecule has 0 radical (unpaired) electrons. The molecule has 8 heteroatoms. The minimum atomic E-state index is -0.287. The molecule has 4 aromatic rings. The van der Waals surface area contributed by atoms with Gasteiger partial charge in [0.25, 0.3) is 0 Å². The lowest BCUT2D eigenvalue weighted by Crippen LogP contribution is -2.44. The second-order valence-electron chi connectivity index (χ2n) is 8.69. The zero-order valence-corrected chi connectivity index (χ0v) is 19.5. The number of hydrogen-bond acceptors (Lipinski definition) is 4. The quantitative estimate of drug-likeness (QED) is 0.424. The highest BCUT2D eigenvalue weighted by molar-refractivity contribution is 6.30. The van der Waals surface area contributed by atoms with Crippen LogP contribution in [0.3, 0.4) is 0 Å². The molecular formula is C26H25ClFN5O. The first-order valence-corrected chi connectivity index (χ1v) is 11.8. The maximum absolute atomic E-state index is 13.2. The molecular weight excluding hydrogens is 453 g/mol. The van der Waals surface area contributed by atoms with Crippen LogP contribution in [0.2, 0.25) is 5.02 Å². The number of nitrogens with one attached hydrogen (secondary N) is 1. The van der Waals surface area contributed by atoms with E-state index in [1.54, 1.807) is 18.3 Å². The number of carbonyl (C=O) groups is 1. The summed E-state index contributed by atoms with van der Waals surface area (Å²) in [5.41, 5.74) is 3.52. The summed E-state index contributed by atoms with van der Waals surface area (Å²) in [7, 11) is 0. The van der Waals surface area contributed by atoms with E-state index < -0.39 is 0 Å². The van der Waals surface area contributed by atoms with Crippen LogP contribution >= 0.6 is 11.6 Å². The predicted molar refractivity (Wildman–Crippen MR) is 131 cm³/mol. The Morgan fingerprint density at radius 2 is 2.03 bits per heavy atom. The van der Waals surface area contributed by atoms with Gasteiger partial charge in [-0.15, -0.1) is 0 Å². The van der Waals surface area contributed by atoms with Crippen molar-refractivity contribution in [2.24, 2.45) is 5.92 Å². The van der Waals surface area contributed by atoms with Crippen molar-refractivity contribution in [1.29, 1.82) is 0 Å². The highest BCUT2D eigenvalue weighted by atomic mass is 35.5. The van der Waals surface area contributed by atoms with Gasteiger partial charge in [-0.1, -0.05) is 35.9 Å². The summed E-state index contributed by atoms with van der Waals surface area (Å²) in [6.07, 6.45) is 5.26. The number of benzene rings is 2. The van der Waals surface area contributed by atoms with Crippen LogP contribution in [0.25, 0.3) is 16.8 Å². The number of amides is 1. The number of hydrogen-bond donors (Lipinski definition) is 1. The predicted octanol–water partition coefficient (Wildman–Crippen LogP) is 5.28. The van der Waals surface area contributed by atoms with Crippen LogP contribution in [0.15, 0.2) is 67.0 Å². The van der Waals surface area contributed by atoms with Gasteiger partial charge in [0, 0.05) is 36.1 Å². The monoisotopic (exact) mass is 477 g/mol. The Morgan fingerprint density at radius 3 is 2.82 bits per heavy atom. The van der Waals surface area contributed by atoms with E-state index in [9.17, 15) is 9.18 Å². The van der Waals surface area contributed by atoms with Crippen molar-refractivity contribution < 1.29 is 9.18 Å². The summed E-state index contributed by atoms with van der Waals surface area (Å²) >= 11 is 6.16. The number of fused-ring (bicyclic) bond motifs is 1. The Bertz CT molecular complexity index is 1320. The maximum Gasteiger partial charge on any atom is 0.225 e. The molecule has 6 nitrogen and oxygen atoms in total. The molecule has 2 aromatic carbocycles. The molecule has 0 saturated carbocycles. The van der Waals surface area contributed by atoms with Crippen LogP contribution in [0, 0.1) is 11.7 Å². The van der Waals surface area contributed by atoms with E-state index in [1.165, 1.54) is 12.1 Å². The van der Waals surface area contributed by atoms with Crippen LogP contribution in [-0.4, -0.2) is 33.6 Å². The fourth-order valence-corrected chi connectivity index (χ4v) is 4.68. The van der Waals surface area contributed by atoms with Crippen molar-refractivity contribution >= 4 is 28.8 Å². The minimum absolute atomic E-state index is 0.00148. The second-order valence-corrected chi connectivity index (χ2v) is 9.12. The standard InChI is InChI=1S/C26H25ClFN5O/c1-17(18-7-9-22(28)10-8-18)30-26(34)20-5-3-12-32(16-20)25-24-15-23(31-33(24)13-11-29-25)19-4-2-6-21(27)14-19/h2,4,6-11,13-15,17,20H,3,5,12,16H2,1H3,(H,30,34)/t17-,20+/m1/s1.